The largest absolute Gasteiger partial charge is 0.457 e. The summed E-state index contributed by atoms with van der Waals surface area (Å²) in [5.74, 6) is 1.28. The highest BCUT2D eigenvalue weighted by Crippen LogP contribution is 2.40. The average Bonchev–Trinajstić information content (AvgIpc) is 3.37. The molecule has 158 valence electrons. The molecule has 2 aromatic heterocycles. The van der Waals surface area contributed by atoms with Crippen molar-refractivity contribution in [2.75, 3.05) is 5.32 Å². The Morgan fingerprint density at radius 3 is 2.74 bits per heavy atom. The normalized spacial score (nSPS) is 16.5. The zero-order chi connectivity index (χ0) is 22.0. The Labute approximate surface area is 186 Å². The lowest BCUT2D eigenvalue weighted by atomic mass is 9.73. The summed E-state index contributed by atoms with van der Waals surface area (Å²) in [4.78, 5) is 18.5. The van der Waals surface area contributed by atoms with Gasteiger partial charge in [0.2, 0.25) is 0 Å². The summed E-state index contributed by atoms with van der Waals surface area (Å²) in [5.41, 5.74) is 2.24. The van der Waals surface area contributed by atoms with Gasteiger partial charge in [-0.15, -0.1) is 11.3 Å². The number of thiazole rings is 1. The number of nitrogens with one attached hydrogen (secondary N) is 1. The maximum absolute atomic E-state index is 12.7. The molecular weight excluding hydrogens is 406 g/mol. The van der Waals surface area contributed by atoms with Crippen LogP contribution >= 0.6 is 11.3 Å². The summed E-state index contributed by atoms with van der Waals surface area (Å²) in [7, 11) is 0. The minimum atomic E-state index is -0.473. The number of furan rings is 1. The Hall–Kier alpha value is -3.17. The summed E-state index contributed by atoms with van der Waals surface area (Å²) in [6.45, 7) is 6.82. The van der Waals surface area contributed by atoms with E-state index in [4.69, 9.17) is 4.42 Å². The number of carbonyl (C=O) groups is 1. The summed E-state index contributed by atoms with van der Waals surface area (Å²) < 4.78 is 5.79. The summed E-state index contributed by atoms with van der Waals surface area (Å²) >= 11 is 1.52. The molecule has 0 aliphatic heterocycles. The highest BCUT2D eigenvalue weighted by Gasteiger charge is 2.31. The van der Waals surface area contributed by atoms with Gasteiger partial charge in [0.25, 0.3) is 5.91 Å². The van der Waals surface area contributed by atoms with Crippen LogP contribution in [0.25, 0.3) is 17.4 Å². The van der Waals surface area contributed by atoms with Gasteiger partial charge in [0.1, 0.15) is 23.2 Å². The zero-order valence-electron chi connectivity index (χ0n) is 17.9. The molecule has 0 fully saturated rings. The Morgan fingerprint density at radius 1 is 1.26 bits per heavy atom. The Kier molecular flexibility index (Phi) is 5.79. The smallest absolute Gasteiger partial charge is 0.268 e. The third-order valence-corrected chi connectivity index (χ3v) is 6.76. The highest BCUT2D eigenvalue weighted by atomic mass is 32.1. The molecule has 0 unspecified atom stereocenters. The fourth-order valence-electron chi connectivity index (χ4n) is 3.81. The van der Waals surface area contributed by atoms with Gasteiger partial charge < -0.3 is 4.42 Å². The molecule has 5 nitrogen and oxygen atoms in total. The van der Waals surface area contributed by atoms with Crippen molar-refractivity contribution >= 4 is 28.5 Å². The van der Waals surface area contributed by atoms with E-state index in [0.717, 1.165) is 30.5 Å². The summed E-state index contributed by atoms with van der Waals surface area (Å²) in [6, 6.07) is 15.2. The molecule has 1 aliphatic rings. The number of benzene rings is 1. The first kappa shape index (κ1) is 21.1. The van der Waals surface area contributed by atoms with Gasteiger partial charge in [0, 0.05) is 16.5 Å². The predicted molar refractivity (Wildman–Crippen MR) is 123 cm³/mol. The first-order valence-electron chi connectivity index (χ1n) is 10.4. The molecule has 0 spiro atoms. The Bertz CT molecular complexity index is 1160. The van der Waals surface area contributed by atoms with Crippen LogP contribution in [0.5, 0.6) is 0 Å². The van der Waals surface area contributed by atoms with Gasteiger partial charge in [-0.25, -0.2) is 4.98 Å². The van der Waals surface area contributed by atoms with E-state index in [-0.39, 0.29) is 11.0 Å². The van der Waals surface area contributed by atoms with Gasteiger partial charge in [-0.2, -0.15) is 5.26 Å². The second-order valence-electron chi connectivity index (χ2n) is 8.89. The average molecular weight is 432 g/mol. The third kappa shape index (κ3) is 4.78. The Morgan fingerprint density at radius 2 is 2.03 bits per heavy atom. The maximum atomic E-state index is 12.7. The number of fused-ring (bicyclic) bond motifs is 1. The van der Waals surface area contributed by atoms with E-state index < -0.39 is 5.91 Å². The minimum Gasteiger partial charge on any atom is -0.457 e. The number of anilines is 1. The number of hydrogen-bond donors (Lipinski definition) is 1. The molecule has 3 aromatic rings. The molecule has 0 bridgehead atoms. The van der Waals surface area contributed by atoms with Crippen LogP contribution in [0.4, 0.5) is 5.13 Å². The SMILES string of the molecule is CC(C)(C)[C@H]1CCc2nc(NC(=O)/C(C#N)=C/c3ccc(-c4ccccc4)o3)sc2C1. The van der Waals surface area contributed by atoms with Crippen LogP contribution in [0.15, 0.2) is 52.5 Å². The highest BCUT2D eigenvalue weighted by molar-refractivity contribution is 7.15. The van der Waals surface area contributed by atoms with Crippen molar-refractivity contribution < 1.29 is 9.21 Å². The van der Waals surface area contributed by atoms with Crippen LogP contribution in [0.1, 0.15) is 43.5 Å². The monoisotopic (exact) mass is 431 g/mol. The maximum Gasteiger partial charge on any atom is 0.268 e. The number of aromatic nitrogens is 1. The van der Waals surface area contributed by atoms with Gasteiger partial charge in [-0.3, -0.25) is 10.1 Å². The van der Waals surface area contributed by atoms with Gasteiger partial charge in [0.15, 0.2) is 5.13 Å². The first-order valence-corrected chi connectivity index (χ1v) is 11.2. The van der Waals surface area contributed by atoms with Gasteiger partial charge in [-0.1, -0.05) is 51.1 Å². The van der Waals surface area contributed by atoms with Crippen molar-refractivity contribution in [3.8, 4) is 17.4 Å². The lowest BCUT2D eigenvalue weighted by Crippen LogP contribution is -2.26. The number of aryl methyl sites for hydroxylation is 1. The summed E-state index contributed by atoms with van der Waals surface area (Å²) in [5, 5.41) is 12.9. The minimum absolute atomic E-state index is 0.0188. The molecule has 1 atom stereocenters. The van der Waals surface area contributed by atoms with Crippen molar-refractivity contribution in [1.29, 1.82) is 5.26 Å². The lowest BCUT2D eigenvalue weighted by molar-refractivity contribution is -0.112. The molecular formula is C25H25N3O2S. The number of hydrogen-bond acceptors (Lipinski definition) is 5. The van der Waals surface area contributed by atoms with Gasteiger partial charge in [-0.05, 0) is 42.7 Å². The molecule has 1 aromatic carbocycles. The van der Waals surface area contributed by atoms with Crippen LogP contribution in [0.2, 0.25) is 0 Å². The number of nitrogens with zero attached hydrogens (tertiary/aromatic N) is 2. The molecule has 0 radical (unpaired) electrons. The van der Waals surface area contributed by atoms with E-state index in [0.29, 0.717) is 22.6 Å². The standard InChI is InChI=1S/C25H25N3O2S/c1-25(2,3)18-9-11-20-22(14-18)31-24(27-20)28-23(29)17(15-26)13-19-10-12-21(30-19)16-7-5-4-6-8-16/h4-8,10,12-13,18H,9,11,14H2,1-3H3,(H,27,28,29)/b17-13+/t18-/m0/s1. The van der Waals surface area contributed by atoms with E-state index in [1.807, 2.05) is 42.5 Å². The van der Waals surface area contributed by atoms with Crippen molar-refractivity contribution in [3.63, 3.8) is 0 Å². The predicted octanol–water partition coefficient (Wildman–Crippen LogP) is 6.10. The van der Waals surface area contributed by atoms with E-state index in [1.54, 1.807) is 6.07 Å². The van der Waals surface area contributed by atoms with Crippen molar-refractivity contribution in [3.05, 3.63) is 64.4 Å². The number of carbonyl (C=O) groups excluding carboxylic acids is 1. The van der Waals surface area contributed by atoms with Crippen LogP contribution in [0, 0.1) is 22.7 Å². The van der Waals surface area contributed by atoms with E-state index in [2.05, 4.69) is 31.1 Å². The topological polar surface area (TPSA) is 78.9 Å². The van der Waals surface area contributed by atoms with Gasteiger partial charge in [0.05, 0.1) is 5.69 Å². The molecule has 2 heterocycles. The number of amides is 1. The Balaban J connectivity index is 1.48. The molecule has 0 saturated carbocycles. The van der Waals surface area contributed by atoms with Crippen LogP contribution < -0.4 is 5.32 Å². The second kappa shape index (κ2) is 8.52. The van der Waals surface area contributed by atoms with Gasteiger partial charge >= 0.3 is 0 Å². The number of nitriles is 1. The molecule has 6 heteroatoms. The number of rotatable bonds is 4. The molecule has 1 aliphatic carbocycles. The zero-order valence-corrected chi connectivity index (χ0v) is 18.8. The fraction of sp³-hybridized carbons (Fsp3) is 0.320. The quantitative estimate of drug-likeness (QED) is 0.400. The third-order valence-electron chi connectivity index (χ3n) is 5.72. The fourth-order valence-corrected chi connectivity index (χ4v) is 4.89. The van der Waals surface area contributed by atoms with Crippen LogP contribution in [-0.4, -0.2) is 10.9 Å². The molecule has 1 amide bonds. The van der Waals surface area contributed by atoms with E-state index in [9.17, 15) is 10.1 Å². The van der Waals surface area contributed by atoms with E-state index in [1.165, 1.54) is 22.3 Å². The second-order valence-corrected chi connectivity index (χ2v) is 9.97. The lowest BCUT2D eigenvalue weighted by Gasteiger charge is -2.33. The van der Waals surface area contributed by atoms with Crippen molar-refractivity contribution in [2.24, 2.45) is 11.3 Å². The molecule has 4 rings (SSSR count). The van der Waals surface area contributed by atoms with E-state index >= 15 is 0 Å². The summed E-state index contributed by atoms with van der Waals surface area (Å²) in [6.07, 6.45) is 4.49. The molecule has 1 N–H and O–H groups in total. The molecule has 31 heavy (non-hydrogen) atoms. The first-order chi connectivity index (χ1) is 14.8. The van der Waals surface area contributed by atoms with Crippen LogP contribution in [-0.2, 0) is 17.6 Å². The van der Waals surface area contributed by atoms with Crippen molar-refractivity contribution in [2.45, 2.75) is 40.0 Å². The molecule has 0 saturated heterocycles. The van der Waals surface area contributed by atoms with Crippen molar-refractivity contribution in [1.82, 2.24) is 4.98 Å². The van der Waals surface area contributed by atoms with Crippen LogP contribution in [0.3, 0.4) is 0 Å².